The zero-order valence-electron chi connectivity index (χ0n) is 19.8. The van der Waals surface area contributed by atoms with Gasteiger partial charge in [0.05, 0.1) is 22.7 Å². The molecule has 2 aliphatic rings. The van der Waals surface area contributed by atoms with Gasteiger partial charge in [0, 0.05) is 11.4 Å². The quantitative estimate of drug-likeness (QED) is 0.537. The summed E-state index contributed by atoms with van der Waals surface area (Å²) in [5.74, 6) is 0.448. The first-order valence-corrected chi connectivity index (χ1v) is 12.8. The SMILES string of the molecule is COC(=O)c1ccc(CCN2C(=O)C(c3ccc(Cl)s3)NC23CCC(C(C)(C)C)CC3)cc1. The van der Waals surface area contributed by atoms with Crippen molar-refractivity contribution >= 4 is 34.8 Å². The third kappa shape index (κ3) is 4.98. The highest BCUT2D eigenvalue weighted by atomic mass is 35.5. The lowest BCUT2D eigenvalue weighted by atomic mass is 9.69. The molecule has 1 aliphatic carbocycles. The van der Waals surface area contributed by atoms with E-state index in [2.05, 4.69) is 31.0 Å². The van der Waals surface area contributed by atoms with E-state index in [1.165, 1.54) is 18.4 Å². The average molecular weight is 489 g/mol. The number of thiophene rings is 1. The van der Waals surface area contributed by atoms with E-state index in [0.29, 0.717) is 22.4 Å². The van der Waals surface area contributed by atoms with Crippen LogP contribution in [0.1, 0.15) is 73.3 Å². The largest absolute Gasteiger partial charge is 0.465 e. The van der Waals surface area contributed by atoms with Crippen LogP contribution in [0.5, 0.6) is 0 Å². The normalized spacial score (nSPS) is 25.6. The Labute approximate surface area is 205 Å². The summed E-state index contributed by atoms with van der Waals surface area (Å²) in [7, 11) is 1.38. The van der Waals surface area contributed by atoms with Gasteiger partial charge in [0.2, 0.25) is 5.91 Å². The van der Waals surface area contributed by atoms with Gasteiger partial charge in [0.25, 0.3) is 0 Å². The number of amides is 1. The Kier molecular flexibility index (Phi) is 6.90. The number of methoxy groups -OCH3 is 1. The van der Waals surface area contributed by atoms with E-state index >= 15 is 0 Å². The zero-order chi connectivity index (χ0) is 23.8. The summed E-state index contributed by atoms with van der Waals surface area (Å²) in [5, 5.41) is 3.74. The predicted molar refractivity (Wildman–Crippen MR) is 133 cm³/mol. The third-order valence-electron chi connectivity index (χ3n) is 7.36. The molecule has 33 heavy (non-hydrogen) atoms. The molecule has 1 N–H and O–H groups in total. The van der Waals surface area contributed by atoms with Gasteiger partial charge >= 0.3 is 5.97 Å². The van der Waals surface area contributed by atoms with Crippen LogP contribution in [0.4, 0.5) is 0 Å². The smallest absolute Gasteiger partial charge is 0.337 e. The van der Waals surface area contributed by atoms with Crippen molar-refractivity contribution in [2.45, 2.75) is 64.6 Å². The van der Waals surface area contributed by atoms with Crippen LogP contribution >= 0.6 is 22.9 Å². The van der Waals surface area contributed by atoms with Gasteiger partial charge in [-0.25, -0.2) is 4.79 Å². The molecule has 1 aliphatic heterocycles. The number of nitrogens with one attached hydrogen (secondary N) is 1. The highest BCUT2D eigenvalue weighted by Gasteiger charge is 2.52. The fraction of sp³-hybridized carbons (Fsp3) is 0.538. The predicted octanol–water partition coefficient (Wildman–Crippen LogP) is 5.84. The van der Waals surface area contributed by atoms with E-state index in [0.717, 1.165) is 42.5 Å². The van der Waals surface area contributed by atoms with Crippen LogP contribution in [0.2, 0.25) is 4.34 Å². The standard InChI is InChI=1S/C26H33ClN2O3S/c1-25(2,3)19-11-14-26(15-12-19)28-22(20-9-10-21(27)33-20)23(30)29(26)16-13-17-5-7-18(8-6-17)24(31)32-4/h5-10,19,22,28H,11-16H2,1-4H3. The van der Waals surface area contributed by atoms with E-state index in [9.17, 15) is 9.59 Å². The van der Waals surface area contributed by atoms with Gasteiger partial charge in [-0.2, -0.15) is 0 Å². The highest BCUT2D eigenvalue weighted by Crippen LogP contribution is 2.47. The number of carbonyl (C=O) groups is 2. The number of nitrogens with zero attached hydrogens (tertiary/aromatic N) is 1. The van der Waals surface area contributed by atoms with Crippen molar-refractivity contribution < 1.29 is 14.3 Å². The third-order valence-corrected chi connectivity index (χ3v) is 8.65. The minimum absolute atomic E-state index is 0.133. The van der Waals surface area contributed by atoms with Crippen LogP contribution in [0.25, 0.3) is 0 Å². The van der Waals surface area contributed by atoms with Gasteiger partial charge in [-0.05, 0) is 73.3 Å². The number of esters is 1. The lowest BCUT2D eigenvalue weighted by Gasteiger charge is -2.46. The Hall–Kier alpha value is -1.89. The molecule has 1 saturated carbocycles. The molecule has 1 saturated heterocycles. The number of carbonyl (C=O) groups excluding carboxylic acids is 2. The van der Waals surface area contributed by atoms with Crippen molar-refractivity contribution in [2.24, 2.45) is 11.3 Å². The topological polar surface area (TPSA) is 58.6 Å². The molecule has 1 spiro atoms. The fourth-order valence-corrected chi connectivity index (χ4v) is 6.42. The van der Waals surface area contributed by atoms with Crippen molar-refractivity contribution in [3.63, 3.8) is 0 Å². The Balaban J connectivity index is 1.53. The van der Waals surface area contributed by atoms with Crippen molar-refractivity contribution in [1.29, 1.82) is 0 Å². The van der Waals surface area contributed by atoms with E-state index in [1.807, 2.05) is 24.3 Å². The molecule has 178 valence electrons. The van der Waals surface area contributed by atoms with Gasteiger partial charge in [-0.15, -0.1) is 11.3 Å². The maximum atomic E-state index is 13.6. The first-order chi connectivity index (χ1) is 15.6. The molecular weight excluding hydrogens is 456 g/mol. The molecular formula is C26H33ClN2O3S. The van der Waals surface area contributed by atoms with Crippen molar-refractivity contribution in [3.05, 3.63) is 56.7 Å². The molecule has 1 aromatic heterocycles. The summed E-state index contributed by atoms with van der Waals surface area (Å²) in [6.45, 7) is 7.58. The van der Waals surface area contributed by atoms with Gasteiger partial charge in [0.15, 0.2) is 0 Å². The summed E-state index contributed by atoms with van der Waals surface area (Å²) >= 11 is 7.66. The molecule has 1 atom stereocenters. The second kappa shape index (κ2) is 9.40. The van der Waals surface area contributed by atoms with Crippen LogP contribution in [-0.2, 0) is 16.0 Å². The maximum Gasteiger partial charge on any atom is 0.337 e. The summed E-state index contributed by atoms with van der Waals surface area (Å²) < 4.78 is 5.49. The van der Waals surface area contributed by atoms with Crippen LogP contribution in [-0.4, -0.2) is 36.1 Å². The number of ether oxygens (including phenoxy) is 1. The molecule has 2 heterocycles. The summed E-state index contributed by atoms with van der Waals surface area (Å²) in [4.78, 5) is 28.4. The molecule has 2 aromatic rings. The van der Waals surface area contributed by atoms with Crippen LogP contribution < -0.4 is 5.32 Å². The average Bonchev–Trinajstić information content (AvgIpc) is 3.33. The van der Waals surface area contributed by atoms with Crippen molar-refractivity contribution in [1.82, 2.24) is 10.2 Å². The minimum Gasteiger partial charge on any atom is -0.465 e. The van der Waals surface area contributed by atoms with E-state index in [-0.39, 0.29) is 29.0 Å². The molecule has 1 amide bonds. The summed E-state index contributed by atoms with van der Waals surface area (Å²) in [6, 6.07) is 10.9. The molecule has 7 heteroatoms. The maximum absolute atomic E-state index is 13.6. The molecule has 1 unspecified atom stereocenters. The van der Waals surface area contributed by atoms with Gasteiger partial charge < -0.3 is 9.64 Å². The highest BCUT2D eigenvalue weighted by molar-refractivity contribution is 7.16. The Morgan fingerprint density at radius 1 is 1.18 bits per heavy atom. The number of hydrogen-bond acceptors (Lipinski definition) is 5. The van der Waals surface area contributed by atoms with Gasteiger partial charge in [0.1, 0.15) is 6.04 Å². The Morgan fingerprint density at radius 2 is 1.85 bits per heavy atom. The van der Waals surface area contributed by atoms with E-state index < -0.39 is 0 Å². The van der Waals surface area contributed by atoms with Crippen LogP contribution in [0.3, 0.4) is 0 Å². The number of rotatable bonds is 5. The van der Waals surface area contributed by atoms with E-state index in [4.69, 9.17) is 16.3 Å². The second-order valence-corrected chi connectivity index (χ2v) is 12.1. The molecule has 2 fully saturated rings. The summed E-state index contributed by atoms with van der Waals surface area (Å²) in [6.07, 6.45) is 4.85. The minimum atomic E-state index is -0.340. The van der Waals surface area contributed by atoms with Crippen LogP contribution in [0, 0.1) is 11.3 Å². The molecule has 1 aromatic carbocycles. The number of halogens is 1. The number of benzene rings is 1. The first kappa shape index (κ1) is 24.2. The Bertz CT molecular complexity index is 1000. The van der Waals surface area contributed by atoms with Crippen molar-refractivity contribution in [3.8, 4) is 0 Å². The summed E-state index contributed by atoms with van der Waals surface area (Å²) in [5.41, 5.74) is 1.59. The molecule has 0 bridgehead atoms. The van der Waals surface area contributed by atoms with Gasteiger partial charge in [-0.3, -0.25) is 10.1 Å². The molecule has 5 nitrogen and oxygen atoms in total. The molecule has 0 radical (unpaired) electrons. The second-order valence-electron chi connectivity index (χ2n) is 10.3. The monoisotopic (exact) mass is 488 g/mol. The van der Waals surface area contributed by atoms with Gasteiger partial charge in [-0.1, -0.05) is 44.5 Å². The van der Waals surface area contributed by atoms with Crippen LogP contribution in [0.15, 0.2) is 36.4 Å². The first-order valence-electron chi connectivity index (χ1n) is 11.6. The number of hydrogen-bond donors (Lipinski definition) is 1. The lowest BCUT2D eigenvalue weighted by molar-refractivity contribution is -0.133. The zero-order valence-corrected chi connectivity index (χ0v) is 21.4. The van der Waals surface area contributed by atoms with E-state index in [1.54, 1.807) is 12.1 Å². The van der Waals surface area contributed by atoms with Crippen molar-refractivity contribution in [2.75, 3.05) is 13.7 Å². The molecule has 4 rings (SSSR count). The lowest BCUT2D eigenvalue weighted by Crippen LogP contribution is -2.55. The Morgan fingerprint density at radius 3 is 2.39 bits per heavy atom. The fourth-order valence-electron chi connectivity index (χ4n) is 5.32.